The zero-order chi connectivity index (χ0) is 21.4. The average molecular weight is 438 g/mol. The maximum Gasteiger partial charge on any atom is 0.261 e. The fourth-order valence-corrected chi connectivity index (χ4v) is 4.83. The Morgan fingerprint density at radius 1 is 1.10 bits per heavy atom. The van der Waals surface area contributed by atoms with Crippen LogP contribution in [0.4, 0.5) is 17.1 Å². The van der Waals surface area contributed by atoms with Gasteiger partial charge in [0, 0.05) is 26.2 Å². The van der Waals surface area contributed by atoms with E-state index in [4.69, 9.17) is 0 Å². The van der Waals surface area contributed by atoms with E-state index in [0.29, 0.717) is 18.7 Å². The van der Waals surface area contributed by atoms with E-state index in [2.05, 4.69) is 4.72 Å². The van der Waals surface area contributed by atoms with Crippen LogP contribution in [-0.4, -0.2) is 42.6 Å². The number of sulfonamides is 2. The average Bonchev–Trinajstić information content (AvgIpc) is 2.65. The topological polar surface area (TPSA) is 104 Å². The predicted octanol–water partition coefficient (Wildman–Crippen LogP) is 2.18. The van der Waals surface area contributed by atoms with Crippen LogP contribution in [0, 0.1) is 0 Å². The third kappa shape index (κ3) is 4.54. The third-order valence-corrected chi connectivity index (χ3v) is 7.40. The number of carbonyl (C=O) groups is 1. The number of rotatable bonds is 5. The highest BCUT2D eigenvalue weighted by atomic mass is 32.2. The highest BCUT2D eigenvalue weighted by Gasteiger charge is 2.23. The van der Waals surface area contributed by atoms with Crippen LogP contribution in [0.15, 0.2) is 47.4 Å². The Labute approximate surface area is 171 Å². The van der Waals surface area contributed by atoms with Crippen LogP contribution >= 0.6 is 0 Å². The molecule has 0 aromatic heterocycles. The molecule has 2 aromatic carbocycles. The Kier molecular flexibility index (Phi) is 5.59. The van der Waals surface area contributed by atoms with Gasteiger partial charge in [-0.15, -0.1) is 0 Å². The van der Waals surface area contributed by atoms with Crippen molar-refractivity contribution < 1.29 is 21.6 Å². The molecule has 1 aliphatic rings. The van der Waals surface area contributed by atoms with Crippen LogP contribution in [0.25, 0.3) is 0 Å². The molecule has 0 fully saturated rings. The molecule has 1 amide bonds. The van der Waals surface area contributed by atoms with E-state index in [1.807, 2.05) is 0 Å². The van der Waals surface area contributed by atoms with Gasteiger partial charge in [-0.2, -0.15) is 0 Å². The molecule has 2 aromatic rings. The minimum Gasteiger partial charge on any atom is -0.312 e. The Balaban J connectivity index is 1.90. The first-order valence-electron chi connectivity index (χ1n) is 8.97. The molecule has 10 heteroatoms. The summed E-state index contributed by atoms with van der Waals surface area (Å²) < 4.78 is 52.7. The third-order valence-electron chi connectivity index (χ3n) is 4.82. The fraction of sp³-hybridized carbons (Fsp3) is 0.316. The van der Waals surface area contributed by atoms with Crippen LogP contribution in [0.1, 0.15) is 18.9 Å². The number of nitrogens with zero attached hydrogens (tertiary/aromatic N) is 2. The molecule has 156 valence electrons. The van der Waals surface area contributed by atoms with Crippen molar-refractivity contribution in [3.8, 4) is 0 Å². The highest BCUT2D eigenvalue weighted by molar-refractivity contribution is 7.92. The lowest BCUT2D eigenvalue weighted by atomic mass is 10.0. The van der Waals surface area contributed by atoms with Gasteiger partial charge >= 0.3 is 0 Å². The predicted molar refractivity (Wildman–Crippen MR) is 113 cm³/mol. The van der Waals surface area contributed by atoms with Crippen LogP contribution in [0.2, 0.25) is 0 Å². The molecule has 0 bridgehead atoms. The smallest absolute Gasteiger partial charge is 0.261 e. The van der Waals surface area contributed by atoms with Crippen LogP contribution in [0.3, 0.4) is 0 Å². The van der Waals surface area contributed by atoms with E-state index in [9.17, 15) is 21.6 Å². The molecule has 0 radical (unpaired) electrons. The van der Waals surface area contributed by atoms with Crippen molar-refractivity contribution in [3.05, 3.63) is 48.0 Å². The lowest BCUT2D eigenvalue weighted by molar-refractivity contribution is -0.116. The van der Waals surface area contributed by atoms with Crippen molar-refractivity contribution in [2.45, 2.75) is 24.7 Å². The van der Waals surface area contributed by atoms with Crippen molar-refractivity contribution in [2.24, 2.45) is 0 Å². The van der Waals surface area contributed by atoms with E-state index < -0.39 is 20.0 Å². The summed E-state index contributed by atoms with van der Waals surface area (Å²) in [5.41, 5.74) is 2.13. The molecule has 0 spiro atoms. The van der Waals surface area contributed by atoms with Gasteiger partial charge in [0.2, 0.25) is 15.9 Å². The Morgan fingerprint density at radius 3 is 2.48 bits per heavy atom. The minimum absolute atomic E-state index is 0.0773. The number of benzene rings is 2. The molecule has 0 aliphatic carbocycles. The lowest BCUT2D eigenvalue weighted by Gasteiger charge is -2.28. The summed E-state index contributed by atoms with van der Waals surface area (Å²) in [6, 6.07) is 10.9. The first kappa shape index (κ1) is 21.1. The van der Waals surface area contributed by atoms with Gasteiger partial charge in [-0.25, -0.2) is 16.8 Å². The van der Waals surface area contributed by atoms with Gasteiger partial charge in [0.15, 0.2) is 0 Å². The molecular weight excluding hydrogens is 414 g/mol. The zero-order valence-electron chi connectivity index (χ0n) is 16.4. The summed E-state index contributed by atoms with van der Waals surface area (Å²) >= 11 is 0. The fourth-order valence-electron chi connectivity index (χ4n) is 3.24. The summed E-state index contributed by atoms with van der Waals surface area (Å²) in [6.07, 6.45) is 2.53. The molecule has 1 heterocycles. The number of carbonyl (C=O) groups excluding carboxylic acids is 1. The second-order valence-corrected chi connectivity index (χ2v) is 10.6. The van der Waals surface area contributed by atoms with Crippen molar-refractivity contribution in [3.63, 3.8) is 0 Å². The van der Waals surface area contributed by atoms with E-state index in [0.717, 1.165) is 28.2 Å². The largest absolute Gasteiger partial charge is 0.312 e. The van der Waals surface area contributed by atoms with Gasteiger partial charge in [-0.1, -0.05) is 6.07 Å². The van der Waals surface area contributed by atoms with Gasteiger partial charge < -0.3 is 4.90 Å². The quantitative estimate of drug-likeness (QED) is 0.772. The van der Waals surface area contributed by atoms with Crippen molar-refractivity contribution in [1.82, 2.24) is 0 Å². The second-order valence-electron chi connectivity index (χ2n) is 6.95. The van der Waals surface area contributed by atoms with E-state index >= 15 is 0 Å². The summed E-state index contributed by atoms with van der Waals surface area (Å²) in [5, 5.41) is 0. The number of hydrogen-bond donors (Lipinski definition) is 1. The summed E-state index contributed by atoms with van der Waals surface area (Å²) in [4.78, 5) is 13.5. The molecule has 1 N–H and O–H groups in total. The Bertz CT molecular complexity index is 1160. The monoisotopic (exact) mass is 437 g/mol. The molecule has 0 atom stereocenters. The number of nitrogens with one attached hydrogen (secondary N) is 1. The van der Waals surface area contributed by atoms with Crippen molar-refractivity contribution in [1.29, 1.82) is 0 Å². The molecule has 1 aliphatic heterocycles. The van der Waals surface area contributed by atoms with Gasteiger partial charge in [0.05, 0.1) is 22.5 Å². The van der Waals surface area contributed by atoms with Gasteiger partial charge in [-0.3, -0.25) is 13.8 Å². The number of amides is 1. The van der Waals surface area contributed by atoms with Gasteiger partial charge in [0.25, 0.3) is 10.0 Å². The number of anilines is 3. The normalized spacial score (nSPS) is 14.2. The van der Waals surface area contributed by atoms with Crippen molar-refractivity contribution in [2.75, 3.05) is 33.8 Å². The molecule has 0 unspecified atom stereocenters. The van der Waals surface area contributed by atoms with E-state index in [1.165, 1.54) is 26.1 Å². The maximum atomic E-state index is 12.9. The SMILES string of the molecule is CC(=O)N1CCCc2cc(S(=O)(=O)Nc3cccc(N(C)S(C)(=O)=O)c3)ccc21. The first-order chi connectivity index (χ1) is 13.5. The second kappa shape index (κ2) is 7.68. The van der Waals surface area contributed by atoms with Crippen LogP contribution < -0.4 is 13.9 Å². The minimum atomic E-state index is -3.88. The van der Waals surface area contributed by atoms with Crippen molar-refractivity contribution >= 4 is 43.0 Å². The summed E-state index contributed by atoms with van der Waals surface area (Å²) in [5.74, 6) is -0.0773. The molecular formula is C19H23N3O5S2. The summed E-state index contributed by atoms with van der Waals surface area (Å²) in [6.45, 7) is 2.11. The van der Waals surface area contributed by atoms with Gasteiger partial charge in [-0.05, 0) is 54.8 Å². The lowest BCUT2D eigenvalue weighted by Crippen LogP contribution is -2.33. The molecule has 0 saturated carbocycles. The molecule has 0 saturated heterocycles. The molecule has 3 rings (SSSR count). The Hall–Kier alpha value is -2.59. The van der Waals surface area contributed by atoms with Crippen LogP contribution in [-0.2, 0) is 31.3 Å². The maximum absolute atomic E-state index is 12.9. The van der Waals surface area contributed by atoms with E-state index in [-0.39, 0.29) is 16.5 Å². The Morgan fingerprint density at radius 2 is 1.83 bits per heavy atom. The number of fused-ring (bicyclic) bond motifs is 1. The highest BCUT2D eigenvalue weighted by Crippen LogP contribution is 2.30. The first-order valence-corrected chi connectivity index (χ1v) is 12.3. The number of hydrogen-bond acceptors (Lipinski definition) is 5. The van der Waals surface area contributed by atoms with Crippen LogP contribution in [0.5, 0.6) is 0 Å². The zero-order valence-corrected chi connectivity index (χ0v) is 18.0. The number of aryl methyl sites for hydroxylation is 1. The van der Waals surface area contributed by atoms with Gasteiger partial charge in [0.1, 0.15) is 0 Å². The molecule has 8 nitrogen and oxygen atoms in total. The standard InChI is InChI=1S/C19H23N3O5S2/c1-14(23)22-11-5-6-15-12-18(9-10-19(15)22)29(26,27)20-16-7-4-8-17(13-16)21(2)28(3,24)25/h4,7-10,12-13,20H,5-6,11H2,1-3H3. The molecule has 29 heavy (non-hydrogen) atoms. The summed E-state index contributed by atoms with van der Waals surface area (Å²) in [7, 11) is -5.96. The van der Waals surface area contributed by atoms with E-state index in [1.54, 1.807) is 35.2 Å².